The highest BCUT2D eigenvalue weighted by Crippen LogP contribution is 2.60. The van der Waals surface area contributed by atoms with Crippen LogP contribution >= 0.6 is 0 Å². The van der Waals surface area contributed by atoms with Crippen molar-refractivity contribution in [2.24, 2.45) is 10.7 Å². The summed E-state index contributed by atoms with van der Waals surface area (Å²) in [5.41, 5.74) is 3.50. The summed E-state index contributed by atoms with van der Waals surface area (Å²) in [5, 5.41) is 2.49. The average Bonchev–Trinajstić information content (AvgIpc) is 3.53. The van der Waals surface area contributed by atoms with E-state index in [-0.39, 0.29) is 36.5 Å². The minimum Gasteiger partial charge on any atom is -0.369 e. The van der Waals surface area contributed by atoms with Crippen LogP contribution in [0.3, 0.4) is 0 Å². The Labute approximate surface area is 189 Å². The molecule has 1 aliphatic carbocycles. The number of aliphatic imine (C=N–C) groups is 1. The molecule has 1 fully saturated rings. The highest BCUT2D eigenvalue weighted by atomic mass is 32.2. The van der Waals surface area contributed by atoms with Crippen LogP contribution in [0.4, 0.5) is 23.2 Å². The SMILES string of the molecule is C/C=C(\C=C/CC(=O)Nc1ccc(F)c([C@@]2(C)N=C(N)N(C)S(=O)(=O)C23CC3)c1)C(F)(F)F. The van der Waals surface area contributed by atoms with E-state index in [1.165, 1.54) is 33.0 Å². The molecule has 0 unspecified atom stereocenters. The minimum absolute atomic E-state index is 0.0544. The first-order chi connectivity index (χ1) is 15.2. The molecule has 1 saturated carbocycles. The number of rotatable bonds is 5. The zero-order chi connectivity index (χ0) is 24.8. The lowest BCUT2D eigenvalue weighted by molar-refractivity contribution is -0.115. The van der Waals surface area contributed by atoms with E-state index >= 15 is 0 Å². The van der Waals surface area contributed by atoms with Gasteiger partial charge < -0.3 is 11.1 Å². The topological polar surface area (TPSA) is 105 Å². The lowest BCUT2D eigenvalue weighted by Crippen LogP contribution is -2.58. The highest BCUT2D eigenvalue weighted by Gasteiger charge is 2.70. The molecule has 2 aliphatic rings. The van der Waals surface area contributed by atoms with Crippen LogP contribution in [0, 0.1) is 5.82 Å². The van der Waals surface area contributed by atoms with Gasteiger partial charge in [-0.25, -0.2) is 22.1 Å². The van der Waals surface area contributed by atoms with Crippen molar-refractivity contribution >= 4 is 27.6 Å². The number of anilines is 1. The molecule has 1 aliphatic heterocycles. The van der Waals surface area contributed by atoms with Gasteiger partial charge in [-0.1, -0.05) is 18.2 Å². The van der Waals surface area contributed by atoms with Gasteiger partial charge in [-0.3, -0.25) is 4.79 Å². The van der Waals surface area contributed by atoms with Crippen molar-refractivity contribution in [3.8, 4) is 0 Å². The first-order valence-corrected chi connectivity index (χ1v) is 11.5. The van der Waals surface area contributed by atoms with Gasteiger partial charge in [0.25, 0.3) is 0 Å². The zero-order valence-corrected chi connectivity index (χ0v) is 19.0. The minimum atomic E-state index is -4.53. The van der Waals surface area contributed by atoms with Gasteiger partial charge in [0.2, 0.25) is 21.9 Å². The van der Waals surface area contributed by atoms with E-state index in [2.05, 4.69) is 10.3 Å². The number of nitrogens with one attached hydrogen (secondary N) is 1. The number of nitrogens with zero attached hydrogens (tertiary/aromatic N) is 2. The van der Waals surface area contributed by atoms with E-state index < -0.39 is 43.8 Å². The van der Waals surface area contributed by atoms with Crippen LogP contribution in [0.5, 0.6) is 0 Å². The molecule has 0 radical (unpaired) electrons. The third-order valence-electron chi connectivity index (χ3n) is 6.12. The Balaban J connectivity index is 1.87. The fraction of sp³-hybridized carbons (Fsp3) is 0.429. The number of hydrogen-bond donors (Lipinski definition) is 2. The third-order valence-corrected chi connectivity index (χ3v) is 8.82. The fourth-order valence-corrected chi connectivity index (χ4v) is 6.12. The van der Waals surface area contributed by atoms with Crippen molar-refractivity contribution in [3.05, 3.63) is 53.4 Å². The summed E-state index contributed by atoms with van der Waals surface area (Å²) in [5.74, 6) is -1.63. The summed E-state index contributed by atoms with van der Waals surface area (Å²) in [6.07, 6.45) is -1.60. The lowest BCUT2D eigenvalue weighted by atomic mass is 9.86. The van der Waals surface area contributed by atoms with Gasteiger partial charge in [0.15, 0.2) is 0 Å². The second kappa shape index (κ2) is 8.15. The predicted octanol–water partition coefficient (Wildman–Crippen LogP) is 3.56. The number of halogens is 4. The maximum Gasteiger partial charge on any atom is 0.416 e. The zero-order valence-electron chi connectivity index (χ0n) is 18.2. The number of carbonyl (C=O) groups excluding carboxylic acids is 1. The molecule has 1 atom stereocenters. The Hall–Kier alpha value is -2.89. The number of allylic oxidation sites excluding steroid dienone is 3. The van der Waals surface area contributed by atoms with Crippen molar-refractivity contribution in [1.82, 2.24) is 4.31 Å². The van der Waals surface area contributed by atoms with Crippen LogP contribution in [-0.2, 0) is 20.4 Å². The number of sulfonamides is 1. The maximum absolute atomic E-state index is 14.9. The number of carbonyl (C=O) groups is 1. The molecule has 1 aromatic rings. The van der Waals surface area contributed by atoms with E-state index in [4.69, 9.17) is 5.73 Å². The smallest absolute Gasteiger partial charge is 0.369 e. The lowest BCUT2D eigenvalue weighted by Gasteiger charge is -2.42. The van der Waals surface area contributed by atoms with E-state index in [9.17, 15) is 30.8 Å². The molecule has 180 valence electrons. The molecule has 33 heavy (non-hydrogen) atoms. The van der Waals surface area contributed by atoms with Gasteiger partial charge in [-0.2, -0.15) is 13.2 Å². The first-order valence-electron chi connectivity index (χ1n) is 10.0. The van der Waals surface area contributed by atoms with E-state index in [1.807, 2.05) is 0 Å². The maximum atomic E-state index is 14.9. The Morgan fingerprint density at radius 2 is 1.97 bits per heavy atom. The van der Waals surface area contributed by atoms with E-state index in [1.54, 1.807) is 0 Å². The molecule has 3 rings (SSSR count). The second-order valence-corrected chi connectivity index (χ2v) is 10.4. The van der Waals surface area contributed by atoms with Gasteiger partial charge in [0, 0.05) is 24.7 Å². The molecule has 7 nitrogen and oxygen atoms in total. The number of benzene rings is 1. The van der Waals surface area contributed by atoms with Crippen molar-refractivity contribution in [2.45, 2.75) is 49.6 Å². The molecule has 3 N–H and O–H groups in total. The first kappa shape index (κ1) is 24.7. The number of hydrogen-bond acceptors (Lipinski definition) is 5. The highest BCUT2D eigenvalue weighted by molar-refractivity contribution is 7.91. The molecule has 1 amide bonds. The Bertz CT molecular complexity index is 1170. The van der Waals surface area contributed by atoms with E-state index in [0.29, 0.717) is 0 Å². The summed E-state index contributed by atoms with van der Waals surface area (Å²) in [6, 6.07) is 3.62. The number of amides is 1. The molecular formula is C21H24F4N4O3S. The predicted molar refractivity (Wildman–Crippen MR) is 116 cm³/mol. The van der Waals surface area contributed by atoms with Gasteiger partial charge in [0.05, 0.1) is 5.57 Å². The third kappa shape index (κ3) is 4.11. The van der Waals surface area contributed by atoms with Gasteiger partial charge in [0.1, 0.15) is 16.1 Å². The summed E-state index contributed by atoms with van der Waals surface area (Å²) >= 11 is 0. The molecule has 12 heteroatoms. The van der Waals surface area contributed by atoms with Gasteiger partial charge in [-0.15, -0.1) is 0 Å². The standard InChI is InChI=1S/C21H24F4N4O3S/c1-4-13(21(23,24)25)6-5-7-17(30)27-14-8-9-16(22)15(12-14)19(2)20(10-11-20)33(31,32)29(3)18(26)28-19/h4-6,8-9,12H,7,10-11H2,1-3H3,(H2,26,28)(H,27,30)/b6-5-,13-4+/t19-/m1/s1. The summed E-state index contributed by atoms with van der Waals surface area (Å²) in [7, 11) is -2.62. The van der Waals surface area contributed by atoms with Crippen LogP contribution in [0.2, 0.25) is 0 Å². The summed E-state index contributed by atoms with van der Waals surface area (Å²) in [6.45, 7) is 2.72. The monoisotopic (exact) mass is 488 g/mol. The van der Waals surface area contributed by atoms with Crippen LogP contribution < -0.4 is 11.1 Å². The Kier molecular flexibility index (Phi) is 6.12. The number of guanidine groups is 1. The number of nitrogens with two attached hydrogens (primary N) is 1. The fourth-order valence-electron chi connectivity index (χ4n) is 4.04. The van der Waals surface area contributed by atoms with Crippen LogP contribution in [0.15, 0.2) is 47.0 Å². The van der Waals surface area contributed by atoms with Crippen molar-refractivity contribution in [1.29, 1.82) is 0 Å². The van der Waals surface area contributed by atoms with Crippen LogP contribution in [0.25, 0.3) is 0 Å². The molecule has 0 bridgehead atoms. The quantitative estimate of drug-likeness (QED) is 0.489. The average molecular weight is 489 g/mol. The summed E-state index contributed by atoms with van der Waals surface area (Å²) < 4.78 is 78.7. The molecule has 0 saturated heterocycles. The largest absolute Gasteiger partial charge is 0.416 e. The van der Waals surface area contributed by atoms with Crippen LogP contribution in [-0.4, -0.2) is 42.6 Å². The molecular weight excluding hydrogens is 464 g/mol. The Morgan fingerprint density at radius 1 is 1.33 bits per heavy atom. The number of alkyl halides is 3. The van der Waals surface area contributed by atoms with Crippen molar-refractivity contribution < 1.29 is 30.8 Å². The van der Waals surface area contributed by atoms with Gasteiger partial charge in [-0.05, 0) is 44.9 Å². The van der Waals surface area contributed by atoms with E-state index in [0.717, 1.165) is 28.6 Å². The molecule has 1 heterocycles. The second-order valence-electron chi connectivity index (χ2n) is 8.10. The van der Waals surface area contributed by atoms with Crippen molar-refractivity contribution in [3.63, 3.8) is 0 Å². The molecule has 1 aromatic carbocycles. The molecule has 0 aromatic heterocycles. The summed E-state index contributed by atoms with van der Waals surface area (Å²) in [4.78, 5) is 16.5. The van der Waals surface area contributed by atoms with Crippen molar-refractivity contribution in [2.75, 3.05) is 12.4 Å². The van der Waals surface area contributed by atoms with Crippen LogP contribution in [0.1, 0.15) is 38.7 Å². The molecule has 1 spiro atoms. The van der Waals surface area contributed by atoms with Gasteiger partial charge >= 0.3 is 6.18 Å². The Morgan fingerprint density at radius 3 is 2.52 bits per heavy atom. The normalized spacial score (nSPS) is 24.2.